The number of benzene rings is 1. The molecular formula is C18H21FN4O3. The van der Waals surface area contributed by atoms with E-state index >= 15 is 0 Å². The third-order valence-corrected chi connectivity index (χ3v) is 4.11. The summed E-state index contributed by atoms with van der Waals surface area (Å²) >= 11 is 0. The zero-order chi connectivity index (χ0) is 18.5. The first-order valence-corrected chi connectivity index (χ1v) is 8.55. The van der Waals surface area contributed by atoms with Crippen molar-refractivity contribution in [1.29, 1.82) is 0 Å². The van der Waals surface area contributed by atoms with Crippen molar-refractivity contribution in [2.45, 2.75) is 19.9 Å². The molecule has 1 aromatic heterocycles. The second-order valence-corrected chi connectivity index (χ2v) is 5.98. The van der Waals surface area contributed by atoms with E-state index in [1.54, 1.807) is 6.07 Å². The summed E-state index contributed by atoms with van der Waals surface area (Å²) in [5.41, 5.74) is 0.736. The minimum Gasteiger partial charge on any atom is -0.378 e. The molecule has 0 aliphatic carbocycles. The van der Waals surface area contributed by atoms with Crippen molar-refractivity contribution in [3.05, 3.63) is 52.2 Å². The van der Waals surface area contributed by atoms with Gasteiger partial charge in [-0.1, -0.05) is 13.0 Å². The summed E-state index contributed by atoms with van der Waals surface area (Å²) in [7, 11) is 0. The summed E-state index contributed by atoms with van der Waals surface area (Å²) in [6, 6.07) is 7.06. The fraction of sp³-hybridized carbons (Fsp3) is 0.389. The van der Waals surface area contributed by atoms with Gasteiger partial charge in [0.25, 0.3) is 5.56 Å². The number of aromatic nitrogens is 2. The Morgan fingerprint density at radius 2 is 2.08 bits per heavy atom. The summed E-state index contributed by atoms with van der Waals surface area (Å²) in [5, 5.41) is 2.61. The Bertz CT molecular complexity index is 847. The smallest absolute Gasteiger partial charge is 0.255 e. The molecule has 138 valence electrons. The van der Waals surface area contributed by atoms with Crippen LogP contribution in [0.15, 0.2) is 35.1 Å². The first-order chi connectivity index (χ1) is 12.6. The summed E-state index contributed by atoms with van der Waals surface area (Å²) in [4.78, 5) is 31.4. The fourth-order valence-corrected chi connectivity index (χ4v) is 2.78. The lowest BCUT2D eigenvalue weighted by Gasteiger charge is -2.29. The van der Waals surface area contributed by atoms with Gasteiger partial charge in [-0.15, -0.1) is 0 Å². The van der Waals surface area contributed by atoms with Gasteiger partial charge in [0.2, 0.25) is 11.9 Å². The number of rotatable bonds is 5. The van der Waals surface area contributed by atoms with E-state index in [-0.39, 0.29) is 12.1 Å². The molecule has 1 N–H and O–H groups in total. The van der Waals surface area contributed by atoms with Crippen molar-refractivity contribution in [3.8, 4) is 0 Å². The van der Waals surface area contributed by atoms with E-state index in [1.165, 1.54) is 28.8 Å². The Labute approximate surface area is 150 Å². The van der Waals surface area contributed by atoms with E-state index in [9.17, 15) is 14.0 Å². The van der Waals surface area contributed by atoms with Crippen LogP contribution in [0.5, 0.6) is 0 Å². The summed E-state index contributed by atoms with van der Waals surface area (Å²) < 4.78 is 20.0. The van der Waals surface area contributed by atoms with Gasteiger partial charge in [0.1, 0.15) is 12.4 Å². The van der Waals surface area contributed by atoms with E-state index in [4.69, 9.17) is 4.74 Å². The maximum atomic E-state index is 13.3. The molecule has 26 heavy (non-hydrogen) atoms. The number of nitrogens with zero attached hydrogens (tertiary/aromatic N) is 3. The number of carbonyl (C=O) groups excluding carboxylic acids is 1. The SMILES string of the molecule is CCc1cc(=O)n(CC(=O)Nc2cccc(F)c2)c(N2CCOCC2)n1. The predicted octanol–water partition coefficient (Wildman–Crippen LogP) is 1.42. The van der Waals surface area contributed by atoms with E-state index in [1.807, 2.05) is 11.8 Å². The minimum atomic E-state index is -0.442. The summed E-state index contributed by atoms with van der Waals surface area (Å²) in [6.45, 7) is 4.02. The van der Waals surface area contributed by atoms with E-state index in [0.717, 1.165) is 0 Å². The number of aryl methyl sites for hydroxylation is 1. The number of hydrogen-bond donors (Lipinski definition) is 1. The summed E-state index contributed by atoms with van der Waals surface area (Å²) in [5.74, 6) is -0.395. The van der Waals surface area contributed by atoms with E-state index in [0.29, 0.717) is 50.1 Å². The monoisotopic (exact) mass is 360 g/mol. The number of morpholine rings is 1. The molecule has 0 atom stereocenters. The third-order valence-electron chi connectivity index (χ3n) is 4.11. The van der Waals surface area contributed by atoms with Gasteiger partial charge in [0, 0.05) is 30.5 Å². The molecule has 8 heteroatoms. The van der Waals surface area contributed by atoms with Crippen LogP contribution in [0.1, 0.15) is 12.6 Å². The third kappa shape index (κ3) is 4.26. The van der Waals surface area contributed by atoms with Crippen LogP contribution >= 0.6 is 0 Å². The van der Waals surface area contributed by atoms with Crippen LogP contribution in [0.4, 0.5) is 16.0 Å². The highest BCUT2D eigenvalue weighted by atomic mass is 19.1. The minimum absolute atomic E-state index is 0.195. The number of ether oxygens (including phenoxy) is 1. The lowest BCUT2D eigenvalue weighted by Crippen LogP contribution is -2.42. The van der Waals surface area contributed by atoms with Crippen molar-refractivity contribution in [2.75, 3.05) is 36.5 Å². The van der Waals surface area contributed by atoms with Gasteiger partial charge in [0.05, 0.1) is 13.2 Å². The van der Waals surface area contributed by atoms with E-state index < -0.39 is 11.7 Å². The lowest BCUT2D eigenvalue weighted by molar-refractivity contribution is -0.116. The molecule has 0 saturated carbocycles. The Morgan fingerprint density at radius 1 is 1.31 bits per heavy atom. The molecule has 1 amide bonds. The van der Waals surface area contributed by atoms with Gasteiger partial charge >= 0.3 is 0 Å². The molecule has 2 heterocycles. The quantitative estimate of drug-likeness (QED) is 0.873. The van der Waals surface area contributed by atoms with Crippen molar-refractivity contribution in [3.63, 3.8) is 0 Å². The number of nitrogens with one attached hydrogen (secondary N) is 1. The zero-order valence-corrected chi connectivity index (χ0v) is 14.6. The maximum absolute atomic E-state index is 13.3. The largest absolute Gasteiger partial charge is 0.378 e. The molecule has 0 unspecified atom stereocenters. The van der Waals surface area contributed by atoms with E-state index in [2.05, 4.69) is 10.3 Å². The van der Waals surface area contributed by atoms with Gasteiger partial charge < -0.3 is 15.0 Å². The molecule has 1 aliphatic rings. The number of halogens is 1. The molecular weight excluding hydrogens is 339 g/mol. The molecule has 7 nitrogen and oxygen atoms in total. The van der Waals surface area contributed by atoms with Crippen LogP contribution in [0, 0.1) is 5.82 Å². The van der Waals surface area contributed by atoms with Gasteiger partial charge in [-0.3, -0.25) is 14.2 Å². The standard InChI is InChI=1S/C18H21FN4O3/c1-2-14-11-17(25)23(18(21-14)22-6-8-26-9-7-22)12-16(24)20-15-5-3-4-13(19)10-15/h3-5,10-11H,2,6-9,12H2,1H3,(H,20,24). The number of carbonyl (C=O) groups is 1. The topological polar surface area (TPSA) is 76.5 Å². The highest BCUT2D eigenvalue weighted by Crippen LogP contribution is 2.14. The zero-order valence-electron chi connectivity index (χ0n) is 14.6. The first-order valence-electron chi connectivity index (χ1n) is 8.55. The molecule has 1 saturated heterocycles. The van der Waals surface area contributed by atoms with Crippen molar-refractivity contribution < 1.29 is 13.9 Å². The molecule has 0 radical (unpaired) electrons. The van der Waals surface area contributed by atoms with Crippen LogP contribution < -0.4 is 15.8 Å². The fourth-order valence-electron chi connectivity index (χ4n) is 2.78. The van der Waals surface area contributed by atoms with Gasteiger partial charge in [-0.25, -0.2) is 9.37 Å². The van der Waals surface area contributed by atoms with Crippen LogP contribution in [-0.4, -0.2) is 41.8 Å². The Morgan fingerprint density at radius 3 is 2.77 bits per heavy atom. The molecule has 1 aromatic carbocycles. The van der Waals surface area contributed by atoms with Crippen LogP contribution in [-0.2, 0) is 22.5 Å². The molecule has 1 fully saturated rings. The number of anilines is 2. The molecule has 1 aliphatic heterocycles. The first kappa shape index (κ1) is 18.1. The van der Waals surface area contributed by atoms with Crippen molar-refractivity contribution in [2.24, 2.45) is 0 Å². The Hall–Kier alpha value is -2.74. The Kier molecular flexibility index (Phi) is 5.62. The number of hydrogen-bond acceptors (Lipinski definition) is 5. The van der Waals surface area contributed by atoms with Gasteiger partial charge in [0.15, 0.2) is 0 Å². The highest BCUT2D eigenvalue weighted by molar-refractivity contribution is 5.90. The Balaban J connectivity index is 1.85. The molecule has 2 aromatic rings. The second kappa shape index (κ2) is 8.09. The maximum Gasteiger partial charge on any atom is 0.255 e. The van der Waals surface area contributed by atoms with Crippen LogP contribution in [0.2, 0.25) is 0 Å². The molecule has 0 spiro atoms. The van der Waals surface area contributed by atoms with Gasteiger partial charge in [-0.2, -0.15) is 0 Å². The predicted molar refractivity (Wildman–Crippen MR) is 95.9 cm³/mol. The second-order valence-electron chi connectivity index (χ2n) is 5.98. The normalized spacial score (nSPS) is 14.3. The van der Waals surface area contributed by atoms with Gasteiger partial charge in [-0.05, 0) is 24.6 Å². The average molecular weight is 360 g/mol. The number of amides is 1. The van der Waals surface area contributed by atoms with Crippen molar-refractivity contribution in [1.82, 2.24) is 9.55 Å². The van der Waals surface area contributed by atoms with Crippen LogP contribution in [0.3, 0.4) is 0 Å². The summed E-state index contributed by atoms with van der Waals surface area (Å²) in [6.07, 6.45) is 0.628. The molecule has 3 rings (SSSR count). The van der Waals surface area contributed by atoms with Crippen LogP contribution in [0.25, 0.3) is 0 Å². The van der Waals surface area contributed by atoms with Crippen molar-refractivity contribution >= 4 is 17.5 Å². The lowest BCUT2D eigenvalue weighted by atomic mass is 10.3. The average Bonchev–Trinajstić information content (AvgIpc) is 2.64. The highest BCUT2D eigenvalue weighted by Gasteiger charge is 2.20. The molecule has 0 bridgehead atoms.